The molecule has 3 fully saturated rings. The number of nitrogens with zero attached hydrogens (tertiary/aromatic N) is 2. The summed E-state index contributed by atoms with van der Waals surface area (Å²) in [6.07, 6.45) is 6.89. The summed E-state index contributed by atoms with van der Waals surface area (Å²) >= 11 is 0. The summed E-state index contributed by atoms with van der Waals surface area (Å²) in [7, 11) is 0. The van der Waals surface area contributed by atoms with Crippen molar-refractivity contribution < 1.29 is 14.4 Å². The fraction of sp³-hybridized carbons (Fsp3) is 0.571. The lowest BCUT2D eigenvalue weighted by molar-refractivity contribution is -0.141. The van der Waals surface area contributed by atoms with Crippen molar-refractivity contribution in [2.75, 3.05) is 29.9 Å². The third kappa shape index (κ3) is 3.84. The highest BCUT2D eigenvalue weighted by molar-refractivity contribution is 5.99. The highest BCUT2D eigenvalue weighted by Crippen LogP contribution is 2.29. The van der Waals surface area contributed by atoms with Crippen LogP contribution in [-0.4, -0.2) is 48.4 Å². The van der Waals surface area contributed by atoms with Crippen LogP contribution in [0.2, 0.25) is 0 Å². The molecule has 150 valence electrons. The number of hydrogen-bond acceptors (Lipinski definition) is 3. The first-order valence-corrected chi connectivity index (χ1v) is 10.4. The molecule has 28 heavy (non-hydrogen) atoms. The fourth-order valence-corrected chi connectivity index (χ4v) is 4.58. The highest BCUT2D eigenvalue weighted by atomic mass is 16.2. The molecule has 2 saturated heterocycles. The third-order valence-electron chi connectivity index (χ3n) is 6.08. The lowest BCUT2D eigenvalue weighted by Gasteiger charge is -2.30. The first kappa shape index (κ1) is 18.8. The number of hydrogen-bond donors (Lipinski definition) is 2. The van der Waals surface area contributed by atoms with Gasteiger partial charge in [0.05, 0.1) is 0 Å². The Labute approximate surface area is 165 Å². The van der Waals surface area contributed by atoms with Crippen LogP contribution in [0.25, 0.3) is 0 Å². The summed E-state index contributed by atoms with van der Waals surface area (Å²) in [5, 5.41) is 5.74. The molecule has 2 N–H and O–H groups in total. The molecule has 4 rings (SSSR count). The molecule has 0 aromatic heterocycles. The molecule has 0 bridgehead atoms. The molecule has 7 heteroatoms. The second-order valence-corrected chi connectivity index (χ2v) is 7.95. The average molecular weight is 384 g/mol. The van der Waals surface area contributed by atoms with Crippen molar-refractivity contribution in [2.45, 2.75) is 51.0 Å². The van der Waals surface area contributed by atoms with E-state index in [1.54, 1.807) is 9.80 Å². The molecule has 1 aromatic rings. The molecule has 4 amide bonds. The van der Waals surface area contributed by atoms with Gasteiger partial charge in [-0.05, 0) is 43.9 Å². The van der Waals surface area contributed by atoms with Gasteiger partial charge in [-0.25, -0.2) is 4.79 Å². The molecule has 1 atom stereocenters. The molecule has 2 aliphatic heterocycles. The molecule has 3 aliphatic rings. The lowest BCUT2D eigenvalue weighted by atomic mass is 9.88. The molecule has 0 spiro atoms. The maximum absolute atomic E-state index is 12.9. The largest absolute Gasteiger partial charge is 0.336 e. The van der Waals surface area contributed by atoms with Gasteiger partial charge in [0, 0.05) is 36.9 Å². The molecule has 1 unspecified atom stereocenters. The summed E-state index contributed by atoms with van der Waals surface area (Å²) in [4.78, 5) is 41.2. The number of carbonyl (C=O) groups excluding carboxylic acids is 3. The van der Waals surface area contributed by atoms with Gasteiger partial charge in [-0.15, -0.1) is 0 Å². The zero-order valence-corrected chi connectivity index (χ0v) is 16.2. The molecule has 1 saturated carbocycles. The monoisotopic (exact) mass is 384 g/mol. The maximum atomic E-state index is 12.9. The minimum absolute atomic E-state index is 0.0826. The van der Waals surface area contributed by atoms with Crippen molar-refractivity contribution >= 4 is 29.2 Å². The van der Waals surface area contributed by atoms with Crippen LogP contribution in [0.15, 0.2) is 24.3 Å². The van der Waals surface area contributed by atoms with Crippen molar-refractivity contribution in [2.24, 2.45) is 5.92 Å². The van der Waals surface area contributed by atoms with Crippen LogP contribution in [0.1, 0.15) is 44.9 Å². The van der Waals surface area contributed by atoms with Crippen molar-refractivity contribution in [3.63, 3.8) is 0 Å². The van der Waals surface area contributed by atoms with E-state index in [-0.39, 0.29) is 23.8 Å². The van der Waals surface area contributed by atoms with E-state index in [2.05, 4.69) is 10.6 Å². The molecule has 1 aliphatic carbocycles. The summed E-state index contributed by atoms with van der Waals surface area (Å²) in [6, 6.07) is 6.80. The van der Waals surface area contributed by atoms with Gasteiger partial charge in [-0.2, -0.15) is 0 Å². The van der Waals surface area contributed by atoms with E-state index in [1.807, 2.05) is 24.3 Å². The Hall–Kier alpha value is -2.57. The first-order valence-electron chi connectivity index (χ1n) is 10.4. The van der Waals surface area contributed by atoms with Gasteiger partial charge in [0.1, 0.15) is 6.04 Å². The minimum Gasteiger partial charge on any atom is -0.336 e. The van der Waals surface area contributed by atoms with E-state index >= 15 is 0 Å². The van der Waals surface area contributed by atoms with Crippen molar-refractivity contribution in [3.05, 3.63) is 24.3 Å². The van der Waals surface area contributed by atoms with E-state index < -0.39 is 6.04 Å². The predicted molar refractivity (Wildman–Crippen MR) is 107 cm³/mol. The van der Waals surface area contributed by atoms with Crippen LogP contribution in [0.4, 0.5) is 16.2 Å². The van der Waals surface area contributed by atoms with Gasteiger partial charge in [-0.1, -0.05) is 25.3 Å². The molecule has 0 radical (unpaired) electrons. The van der Waals surface area contributed by atoms with Crippen LogP contribution in [0, 0.1) is 5.92 Å². The van der Waals surface area contributed by atoms with Crippen molar-refractivity contribution in [1.82, 2.24) is 10.2 Å². The average Bonchev–Trinajstić information content (AvgIpc) is 3.37. The molecular weight excluding hydrogens is 356 g/mol. The number of amides is 4. The second-order valence-electron chi connectivity index (χ2n) is 7.95. The van der Waals surface area contributed by atoms with E-state index in [0.717, 1.165) is 37.8 Å². The van der Waals surface area contributed by atoms with Gasteiger partial charge in [0.15, 0.2) is 0 Å². The molecule has 2 heterocycles. The van der Waals surface area contributed by atoms with E-state index in [4.69, 9.17) is 0 Å². The van der Waals surface area contributed by atoms with Crippen LogP contribution >= 0.6 is 0 Å². The standard InChI is InChI=1S/C21H28N4O3/c26-19(18-10-5-12-25(18)20(27)15-6-2-1-3-7-15)23-16-8-4-9-17(14-16)24-13-11-22-21(24)28/h4,8-9,14-15,18H,1-3,5-7,10-13H2,(H,22,28)(H,23,26). The summed E-state index contributed by atoms with van der Waals surface area (Å²) in [5.41, 5.74) is 1.41. The first-order chi connectivity index (χ1) is 13.6. The number of benzene rings is 1. The van der Waals surface area contributed by atoms with Gasteiger partial charge in [-0.3, -0.25) is 14.5 Å². The predicted octanol–water partition coefficient (Wildman–Crippen LogP) is 2.73. The van der Waals surface area contributed by atoms with Gasteiger partial charge < -0.3 is 15.5 Å². The number of anilines is 2. The molecular formula is C21H28N4O3. The molecule has 7 nitrogen and oxygen atoms in total. The summed E-state index contributed by atoms with van der Waals surface area (Å²) in [6.45, 7) is 1.90. The Morgan fingerprint density at radius 3 is 2.61 bits per heavy atom. The Kier molecular flexibility index (Phi) is 5.50. The zero-order chi connectivity index (χ0) is 19.5. The summed E-state index contributed by atoms with van der Waals surface area (Å²) < 4.78 is 0. The Bertz CT molecular complexity index is 760. The number of rotatable bonds is 4. The van der Waals surface area contributed by atoms with Crippen LogP contribution in [0.3, 0.4) is 0 Å². The number of nitrogens with one attached hydrogen (secondary N) is 2. The lowest BCUT2D eigenvalue weighted by Crippen LogP contribution is -2.46. The van der Waals surface area contributed by atoms with Crippen LogP contribution in [-0.2, 0) is 9.59 Å². The van der Waals surface area contributed by atoms with Gasteiger partial charge >= 0.3 is 6.03 Å². The highest BCUT2D eigenvalue weighted by Gasteiger charge is 2.37. The zero-order valence-electron chi connectivity index (χ0n) is 16.2. The van der Waals surface area contributed by atoms with E-state index in [0.29, 0.717) is 31.7 Å². The fourth-order valence-electron chi connectivity index (χ4n) is 4.58. The van der Waals surface area contributed by atoms with E-state index in [1.165, 1.54) is 6.42 Å². The Balaban J connectivity index is 1.42. The number of carbonyl (C=O) groups is 3. The Morgan fingerprint density at radius 1 is 1.04 bits per heavy atom. The van der Waals surface area contributed by atoms with Crippen molar-refractivity contribution in [1.29, 1.82) is 0 Å². The summed E-state index contributed by atoms with van der Waals surface area (Å²) in [5.74, 6) is 0.101. The van der Waals surface area contributed by atoms with Gasteiger partial charge in [0.2, 0.25) is 11.8 Å². The molecule has 1 aromatic carbocycles. The second kappa shape index (κ2) is 8.20. The van der Waals surface area contributed by atoms with Crippen LogP contribution < -0.4 is 15.5 Å². The van der Waals surface area contributed by atoms with Gasteiger partial charge in [0.25, 0.3) is 0 Å². The van der Waals surface area contributed by atoms with Crippen LogP contribution in [0.5, 0.6) is 0 Å². The Morgan fingerprint density at radius 2 is 1.86 bits per heavy atom. The number of likely N-dealkylation sites (tertiary alicyclic amines) is 1. The quantitative estimate of drug-likeness (QED) is 0.837. The van der Waals surface area contributed by atoms with E-state index in [9.17, 15) is 14.4 Å². The van der Waals surface area contributed by atoms with Crippen molar-refractivity contribution in [3.8, 4) is 0 Å². The maximum Gasteiger partial charge on any atom is 0.321 e. The smallest absolute Gasteiger partial charge is 0.321 e. The topological polar surface area (TPSA) is 81.8 Å². The number of urea groups is 1. The normalized spacial score (nSPS) is 23.0. The third-order valence-corrected chi connectivity index (χ3v) is 6.08. The minimum atomic E-state index is -0.395. The SMILES string of the molecule is O=C(Nc1cccc(N2CCNC2=O)c1)C1CCCN1C(=O)C1CCCCC1.